The van der Waals surface area contributed by atoms with Gasteiger partial charge < -0.3 is 9.64 Å². The average molecular weight is 408 g/mol. The van der Waals surface area contributed by atoms with Gasteiger partial charge in [0.1, 0.15) is 6.73 Å². The fraction of sp³-hybridized carbons (Fsp3) is 0.227. The number of carbonyl (C=O) groups is 1. The lowest BCUT2D eigenvalue weighted by molar-refractivity contribution is 0.0688. The number of anilines is 2. The Hall–Kier alpha value is -3.65. The van der Waals surface area contributed by atoms with Gasteiger partial charge >= 0.3 is 11.7 Å². The van der Waals surface area contributed by atoms with Crippen molar-refractivity contribution >= 4 is 17.4 Å². The van der Waals surface area contributed by atoms with E-state index in [2.05, 4.69) is 4.98 Å². The number of urea groups is 1. The lowest BCUT2D eigenvalue weighted by Gasteiger charge is -2.28. The van der Waals surface area contributed by atoms with Crippen molar-refractivity contribution in [2.75, 3.05) is 25.1 Å². The molecule has 0 unspecified atom stereocenters. The fourth-order valence-electron chi connectivity index (χ4n) is 2.90. The highest BCUT2D eigenvalue weighted by Crippen LogP contribution is 2.26. The zero-order chi connectivity index (χ0) is 21.3. The summed E-state index contributed by atoms with van der Waals surface area (Å²) in [6.07, 6.45) is 1.98. The number of aromatic amines is 1. The number of hydrogen-bond donors (Lipinski definition) is 1. The van der Waals surface area contributed by atoms with Crippen LogP contribution in [0, 0.1) is 0 Å². The predicted molar refractivity (Wildman–Crippen MR) is 115 cm³/mol. The highest BCUT2D eigenvalue weighted by atomic mass is 16.5. The Morgan fingerprint density at radius 2 is 1.57 bits per heavy atom. The van der Waals surface area contributed by atoms with Crippen LogP contribution in [0.25, 0.3) is 0 Å². The quantitative estimate of drug-likeness (QED) is 0.581. The molecule has 0 bridgehead atoms. The van der Waals surface area contributed by atoms with Crippen LogP contribution in [0.4, 0.5) is 16.2 Å². The maximum absolute atomic E-state index is 13.1. The van der Waals surface area contributed by atoms with Crippen molar-refractivity contribution in [1.29, 1.82) is 0 Å². The van der Waals surface area contributed by atoms with E-state index in [1.807, 2.05) is 60.7 Å². The van der Waals surface area contributed by atoms with Crippen LogP contribution >= 0.6 is 0 Å². The van der Waals surface area contributed by atoms with Gasteiger partial charge in [-0.3, -0.25) is 19.2 Å². The summed E-state index contributed by atoms with van der Waals surface area (Å²) in [4.78, 5) is 41.3. The van der Waals surface area contributed by atoms with Crippen LogP contribution in [-0.4, -0.2) is 40.7 Å². The maximum Gasteiger partial charge on any atom is 0.330 e. The van der Waals surface area contributed by atoms with E-state index in [9.17, 15) is 14.4 Å². The fourth-order valence-corrected chi connectivity index (χ4v) is 2.90. The molecular weight excluding hydrogens is 384 g/mol. The minimum Gasteiger partial charge on any atom is -0.361 e. The molecule has 0 radical (unpaired) electrons. The zero-order valence-corrected chi connectivity index (χ0v) is 16.7. The molecule has 8 nitrogen and oxygen atoms in total. The van der Waals surface area contributed by atoms with Crippen molar-refractivity contribution < 1.29 is 9.53 Å². The number of H-pyrrole nitrogens is 1. The summed E-state index contributed by atoms with van der Waals surface area (Å²) in [5, 5.41) is 0. The molecule has 0 saturated carbocycles. The lowest BCUT2D eigenvalue weighted by atomic mass is 10.2. The second-order valence-electron chi connectivity index (χ2n) is 6.68. The summed E-state index contributed by atoms with van der Waals surface area (Å²) < 4.78 is 6.76. The van der Waals surface area contributed by atoms with Gasteiger partial charge in [-0.2, -0.15) is 0 Å². The van der Waals surface area contributed by atoms with Crippen molar-refractivity contribution in [3.8, 4) is 0 Å². The summed E-state index contributed by atoms with van der Waals surface area (Å²) in [7, 11) is 1.74. The summed E-state index contributed by atoms with van der Waals surface area (Å²) >= 11 is 0. The van der Waals surface area contributed by atoms with Crippen LogP contribution in [0.5, 0.6) is 0 Å². The molecule has 3 aromatic rings. The summed E-state index contributed by atoms with van der Waals surface area (Å²) in [6.45, 7) is 0.878. The van der Waals surface area contributed by atoms with Crippen molar-refractivity contribution in [2.45, 2.75) is 13.2 Å². The van der Waals surface area contributed by atoms with Gasteiger partial charge in [0.15, 0.2) is 0 Å². The first kappa shape index (κ1) is 21.1. The number of nitrogens with zero attached hydrogens (tertiary/aromatic N) is 3. The first-order chi connectivity index (χ1) is 14.6. The standard InChI is InChI=1S/C22H24N4O4/c1-24(14-8-16-30-17-25-15-13-20(27)23-21(25)28)22(29)26(18-9-4-2-5-10-18)19-11-6-3-7-12-19/h2-7,9-13,15H,8,14,16-17H2,1H3,(H,23,27,28). The van der Waals surface area contributed by atoms with Crippen molar-refractivity contribution in [3.63, 3.8) is 0 Å². The van der Waals surface area contributed by atoms with E-state index >= 15 is 0 Å². The van der Waals surface area contributed by atoms with Crippen LogP contribution in [0.15, 0.2) is 82.5 Å². The van der Waals surface area contributed by atoms with E-state index in [1.54, 1.807) is 16.8 Å². The van der Waals surface area contributed by atoms with E-state index < -0.39 is 11.2 Å². The first-order valence-corrected chi connectivity index (χ1v) is 9.59. The van der Waals surface area contributed by atoms with E-state index in [-0.39, 0.29) is 12.8 Å². The molecule has 1 heterocycles. The highest BCUT2D eigenvalue weighted by molar-refractivity contribution is 5.99. The summed E-state index contributed by atoms with van der Waals surface area (Å²) in [5.41, 5.74) is 0.609. The van der Waals surface area contributed by atoms with Gasteiger partial charge in [0.2, 0.25) is 0 Å². The molecule has 0 spiro atoms. The number of amides is 2. The number of carbonyl (C=O) groups excluding carboxylic acids is 1. The number of hydrogen-bond acceptors (Lipinski definition) is 4. The molecule has 0 fully saturated rings. The molecule has 2 amide bonds. The SMILES string of the molecule is CN(CCCOCn1ccc(=O)[nH]c1=O)C(=O)N(c1ccccc1)c1ccccc1. The Bertz CT molecular complexity index is 1020. The second-order valence-corrected chi connectivity index (χ2v) is 6.68. The topological polar surface area (TPSA) is 87.6 Å². The molecule has 30 heavy (non-hydrogen) atoms. The van der Waals surface area contributed by atoms with Crippen LogP contribution in [0.2, 0.25) is 0 Å². The molecule has 1 aromatic heterocycles. The zero-order valence-electron chi connectivity index (χ0n) is 16.7. The highest BCUT2D eigenvalue weighted by Gasteiger charge is 2.21. The van der Waals surface area contributed by atoms with Gasteiger partial charge in [-0.25, -0.2) is 9.59 Å². The molecule has 0 aliphatic rings. The minimum atomic E-state index is -0.517. The van der Waals surface area contributed by atoms with Crippen LogP contribution in [0.1, 0.15) is 6.42 Å². The van der Waals surface area contributed by atoms with E-state index in [1.165, 1.54) is 16.8 Å². The normalized spacial score (nSPS) is 10.6. The van der Waals surface area contributed by atoms with Crippen molar-refractivity contribution in [3.05, 3.63) is 93.8 Å². The molecule has 2 aromatic carbocycles. The monoisotopic (exact) mass is 408 g/mol. The lowest BCUT2D eigenvalue weighted by Crippen LogP contribution is -2.39. The molecular formula is C22H24N4O4. The first-order valence-electron chi connectivity index (χ1n) is 9.59. The third-order valence-corrected chi connectivity index (χ3v) is 4.46. The number of benzene rings is 2. The maximum atomic E-state index is 13.1. The number of ether oxygens (including phenoxy) is 1. The molecule has 0 atom stereocenters. The summed E-state index contributed by atoms with van der Waals surface area (Å²) in [6, 6.07) is 20.1. The third-order valence-electron chi connectivity index (χ3n) is 4.46. The molecule has 3 rings (SSSR count). The smallest absolute Gasteiger partial charge is 0.330 e. The molecule has 1 N–H and O–H groups in total. The molecule has 8 heteroatoms. The van der Waals surface area contributed by atoms with Gasteiger partial charge in [0.25, 0.3) is 5.56 Å². The van der Waals surface area contributed by atoms with Gasteiger partial charge in [-0.05, 0) is 30.7 Å². The molecule has 0 saturated heterocycles. The van der Waals surface area contributed by atoms with E-state index in [4.69, 9.17) is 4.74 Å². The van der Waals surface area contributed by atoms with Crippen LogP contribution in [0.3, 0.4) is 0 Å². The number of rotatable bonds is 8. The Labute approximate surface area is 174 Å². The van der Waals surface area contributed by atoms with Gasteiger partial charge in [-0.15, -0.1) is 0 Å². The Morgan fingerprint density at radius 1 is 0.967 bits per heavy atom. The molecule has 0 aliphatic heterocycles. The molecule has 0 aliphatic carbocycles. The van der Waals surface area contributed by atoms with E-state index in [0.717, 1.165) is 11.4 Å². The van der Waals surface area contributed by atoms with Crippen molar-refractivity contribution in [2.24, 2.45) is 0 Å². The summed E-state index contributed by atoms with van der Waals surface area (Å²) in [5.74, 6) is 0. The van der Waals surface area contributed by atoms with Crippen LogP contribution in [-0.2, 0) is 11.5 Å². The predicted octanol–water partition coefficient (Wildman–Crippen LogP) is 2.79. The van der Waals surface area contributed by atoms with Gasteiger partial charge in [0, 0.05) is 25.9 Å². The number of nitrogens with one attached hydrogen (secondary N) is 1. The Kier molecular flexibility index (Phi) is 7.18. The second kappa shape index (κ2) is 10.2. The Balaban J connectivity index is 1.56. The van der Waals surface area contributed by atoms with E-state index in [0.29, 0.717) is 19.6 Å². The van der Waals surface area contributed by atoms with Crippen molar-refractivity contribution in [1.82, 2.24) is 14.5 Å². The van der Waals surface area contributed by atoms with Gasteiger partial charge in [0.05, 0.1) is 18.0 Å². The number of aromatic nitrogens is 2. The molecule has 156 valence electrons. The average Bonchev–Trinajstić information content (AvgIpc) is 2.76. The largest absolute Gasteiger partial charge is 0.361 e. The number of para-hydroxylation sites is 2. The third kappa shape index (κ3) is 5.45. The minimum absolute atomic E-state index is 0.0351. The van der Waals surface area contributed by atoms with Crippen LogP contribution < -0.4 is 16.1 Å². The van der Waals surface area contributed by atoms with Gasteiger partial charge in [-0.1, -0.05) is 36.4 Å². The Morgan fingerprint density at radius 3 is 2.13 bits per heavy atom.